The van der Waals surface area contributed by atoms with Gasteiger partial charge in [-0.1, -0.05) is 38.1 Å². The first-order valence-corrected chi connectivity index (χ1v) is 6.19. The van der Waals surface area contributed by atoms with Crippen LogP contribution in [0.15, 0.2) is 29.3 Å². The zero-order valence-corrected chi connectivity index (χ0v) is 10.9. The van der Waals surface area contributed by atoms with Gasteiger partial charge in [0.05, 0.1) is 6.54 Å². The quantitative estimate of drug-likeness (QED) is 0.847. The first kappa shape index (κ1) is 12.0. The molecule has 92 valence electrons. The molecular formula is C14H21N3. The van der Waals surface area contributed by atoms with Gasteiger partial charge in [-0.15, -0.1) is 0 Å². The lowest BCUT2D eigenvalue weighted by molar-refractivity contribution is 0.422. The van der Waals surface area contributed by atoms with E-state index >= 15 is 0 Å². The number of likely N-dealkylation sites (N-methyl/N-ethyl adjacent to an activating group) is 1. The topological polar surface area (TPSA) is 41.6 Å². The van der Waals surface area contributed by atoms with Crippen molar-refractivity contribution in [2.75, 3.05) is 20.1 Å². The molecule has 3 heteroatoms. The van der Waals surface area contributed by atoms with Gasteiger partial charge in [-0.2, -0.15) is 0 Å². The third-order valence-corrected chi connectivity index (χ3v) is 3.43. The average molecular weight is 231 g/mol. The van der Waals surface area contributed by atoms with E-state index in [9.17, 15) is 0 Å². The first-order chi connectivity index (χ1) is 8.08. The Labute approximate surface area is 103 Å². The van der Waals surface area contributed by atoms with Crippen LogP contribution >= 0.6 is 0 Å². The fraction of sp³-hybridized carbons (Fsp3) is 0.500. The Bertz CT molecular complexity index is 406. The second-order valence-corrected chi connectivity index (χ2v) is 5.10. The van der Waals surface area contributed by atoms with Crippen LogP contribution in [0.4, 0.5) is 0 Å². The highest BCUT2D eigenvalue weighted by Crippen LogP contribution is 2.22. The zero-order valence-electron chi connectivity index (χ0n) is 10.9. The van der Waals surface area contributed by atoms with Crippen molar-refractivity contribution in [3.05, 3.63) is 35.4 Å². The summed E-state index contributed by atoms with van der Waals surface area (Å²) in [7, 11) is 1.99. The maximum Gasteiger partial charge on any atom is 0.191 e. The Kier molecular flexibility index (Phi) is 3.36. The van der Waals surface area contributed by atoms with E-state index in [1.807, 2.05) is 11.9 Å². The summed E-state index contributed by atoms with van der Waals surface area (Å²) in [6.07, 6.45) is 0. The van der Waals surface area contributed by atoms with Gasteiger partial charge < -0.3 is 10.6 Å². The van der Waals surface area contributed by atoms with Gasteiger partial charge in [0.1, 0.15) is 0 Å². The number of guanidine groups is 1. The van der Waals surface area contributed by atoms with Crippen LogP contribution in [0.5, 0.6) is 0 Å². The molecule has 0 radical (unpaired) electrons. The highest BCUT2D eigenvalue weighted by atomic mass is 15.2. The number of hydrogen-bond donors (Lipinski definition) is 1. The van der Waals surface area contributed by atoms with Crippen LogP contribution < -0.4 is 5.73 Å². The Morgan fingerprint density at radius 3 is 2.47 bits per heavy atom. The predicted molar refractivity (Wildman–Crippen MR) is 72.4 cm³/mol. The molecule has 0 saturated carbocycles. The summed E-state index contributed by atoms with van der Waals surface area (Å²) < 4.78 is 0. The molecule has 1 aliphatic heterocycles. The minimum Gasteiger partial charge on any atom is -0.370 e. The minimum atomic E-state index is 0.466. The maximum atomic E-state index is 5.76. The van der Waals surface area contributed by atoms with Crippen molar-refractivity contribution in [3.63, 3.8) is 0 Å². The van der Waals surface area contributed by atoms with Crippen LogP contribution in [-0.4, -0.2) is 31.0 Å². The van der Waals surface area contributed by atoms with Crippen molar-refractivity contribution >= 4 is 5.96 Å². The largest absolute Gasteiger partial charge is 0.370 e. The Hall–Kier alpha value is -1.51. The lowest BCUT2D eigenvalue weighted by atomic mass is 9.94. The number of aliphatic imine (C=N–C) groups is 1. The number of hydrogen-bond acceptors (Lipinski definition) is 3. The summed E-state index contributed by atoms with van der Waals surface area (Å²) in [5, 5.41) is 0. The summed E-state index contributed by atoms with van der Waals surface area (Å²) >= 11 is 0. The van der Waals surface area contributed by atoms with E-state index in [4.69, 9.17) is 5.73 Å². The lowest BCUT2D eigenvalue weighted by Gasteiger charge is -2.29. The zero-order chi connectivity index (χ0) is 12.4. The van der Waals surface area contributed by atoms with Gasteiger partial charge in [-0.05, 0) is 17.0 Å². The molecule has 2 rings (SSSR count). The fourth-order valence-electron chi connectivity index (χ4n) is 2.17. The van der Waals surface area contributed by atoms with Crippen molar-refractivity contribution in [1.82, 2.24) is 4.90 Å². The van der Waals surface area contributed by atoms with Gasteiger partial charge in [0, 0.05) is 19.5 Å². The molecule has 0 saturated heterocycles. The van der Waals surface area contributed by atoms with Crippen molar-refractivity contribution in [3.8, 4) is 0 Å². The summed E-state index contributed by atoms with van der Waals surface area (Å²) in [5.74, 6) is 1.71. The molecule has 0 aromatic heterocycles. The molecule has 1 aliphatic rings. The van der Waals surface area contributed by atoms with Crippen LogP contribution in [0.25, 0.3) is 0 Å². The Morgan fingerprint density at radius 2 is 1.94 bits per heavy atom. The van der Waals surface area contributed by atoms with E-state index in [1.165, 1.54) is 11.1 Å². The molecule has 0 amide bonds. The first-order valence-electron chi connectivity index (χ1n) is 6.19. The average Bonchev–Trinajstić information content (AvgIpc) is 2.33. The van der Waals surface area contributed by atoms with E-state index < -0.39 is 0 Å². The van der Waals surface area contributed by atoms with Gasteiger partial charge in [-0.25, -0.2) is 0 Å². The highest BCUT2D eigenvalue weighted by Gasteiger charge is 2.19. The standard InChI is InChI=1S/C14H21N3/c1-10(2)11-4-6-12(7-5-11)13-8-16-14(15)17(3)9-13/h4-7,10,13H,8-9H2,1-3H3,(H2,15,16). The van der Waals surface area contributed by atoms with Crippen molar-refractivity contribution in [2.24, 2.45) is 10.7 Å². The molecule has 0 bridgehead atoms. The minimum absolute atomic E-state index is 0.466. The van der Waals surface area contributed by atoms with Crippen LogP contribution in [0.3, 0.4) is 0 Å². The van der Waals surface area contributed by atoms with E-state index in [2.05, 4.69) is 43.1 Å². The van der Waals surface area contributed by atoms with Gasteiger partial charge in [0.2, 0.25) is 0 Å². The van der Waals surface area contributed by atoms with E-state index in [0.29, 0.717) is 17.8 Å². The lowest BCUT2D eigenvalue weighted by Crippen LogP contribution is -2.41. The predicted octanol–water partition coefficient (Wildman–Crippen LogP) is 2.15. The SMILES string of the molecule is CC(C)c1ccc(C2CN=C(N)N(C)C2)cc1. The third kappa shape index (κ3) is 2.60. The summed E-state index contributed by atoms with van der Waals surface area (Å²) in [4.78, 5) is 6.36. The van der Waals surface area contributed by atoms with Gasteiger partial charge in [0.25, 0.3) is 0 Å². The molecule has 1 unspecified atom stereocenters. The molecule has 0 fully saturated rings. The molecular weight excluding hydrogens is 210 g/mol. The molecule has 1 aromatic rings. The number of benzene rings is 1. The molecule has 17 heavy (non-hydrogen) atoms. The smallest absolute Gasteiger partial charge is 0.191 e. The number of rotatable bonds is 2. The third-order valence-electron chi connectivity index (χ3n) is 3.43. The summed E-state index contributed by atoms with van der Waals surface area (Å²) in [5.41, 5.74) is 8.51. The van der Waals surface area contributed by atoms with Crippen molar-refractivity contribution in [1.29, 1.82) is 0 Å². The van der Waals surface area contributed by atoms with Crippen LogP contribution in [0.2, 0.25) is 0 Å². The van der Waals surface area contributed by atoms with Gasteiger partial charge >= 0.3 is 0 Å². The van der Waals surface area contributed by atoms with Crippen molar-refractivity contribution < 1.29 is 0 Å². The van der Waals surface area contributed by atoms with Crippen LogP contribution in [0.1, 0.15) is 36.8 Å². The summed E-state index contributed by atoms with van der Waals surface area (Å²) in [6.45, 7) is 6.19. The molecule has 1 atom stereocenters. The van der Waals surface area contributed by atoms with Gasteiger partial charge in [-0.3, -0.25) is 4.99 Å². The van der Waals surface area contributed by atoms with Gasteiger partial charge in [0.15, 0.2) is 5.96 Å². The Morgan fingerprint density at radius 1 is 1.29 bits per heavy atom. The molecule has 0 spiro atoms. The van der Waals surface area contributed by atoms with E-state index in [1.54, 1.807) is 0 Å². The van der Waals surface area contributed by atoms with Crippen molar-refractivity contribution in [2.45, 2.75) is 25.7 Å². The Balaban J connectivity index is 2.13. The second kappa shape index (κ2) is 4.78. The van der Waals surface area contributed by atoms with Crippen LogP contribution in [0, 0.1) is 0 Å². The van der Waals surface area contributed by atoms with E-state index in [0.717, 1.165) is 13.1 Å². The number of nitrogens with zero attached hydrogens (tertiary/aromatic N) is 2. The number of nitrogens with two attached hydrogens (primary N) is 1. The molecule has 2 N–H and O–H groups in total. The maximum absolute atomic E-state index is 5.76. The molecule has 0 aliphatic carbocycles. The fourth-order valence-corrected chi connectivity index (χ4v) is 2.17. The monoisotopic (exact) mass is 231 g/mol. The summed E-state index contributed by atoms with van der Waals surface area (Å²) in [6, 6.07) is 8.90. The second-order valence-electron chi connectivity index (χ2n) is 5.10. The molecule has 1 aromatic carbocycles. The van der Waals surface area contributed by atoms with Crippen LogP contribution in [-0.2, 0) is 0 Å². The molecule has 1 heterocycles. The molecule has 3 nitrogen and oxygen atoms in total. The highest BCUT2D eigenvalue weighted by molar-refractivity contribution is 5.78. The van der Waals surface area contributed by atoms with E-state index in [-0.39, 0.29) is 0 Å². The normalized spacial score (nSPS) is 20.6.